The highest BCUT2D eigenvalue weighted by molar-refractivity contribution is 6.12. The Morgan fingerprint density at radius 2 is 1.63 bits per heavy atom. The van der Waals surface area contributed by atoms with Gasteiger partial charge in [0.05, 0.1) is 16.1 Å². The molecule has 0 spiro atoms. The number of benzene rings is 3. The topological polar surface area (TPSA) is 75.5 Å². The molecule has 1 heterocycles. The molecule has 1 aliphatic heterocycles. The second-order valence-corrected chi connectivity index (χ2v) is 6.42. The quantitative estimate of drug-likeness (QED) is 0.544. The van der Waals surface area contributed by atoms with Gasteiger partial charge in [-0.05, 0) is 37.3 Å². The van der Waals surface area contributed by atoms with Gasteiger partial charge < -0.3 is 5.32 Å². The largest absolute Gasteiger partial charge is 0.360 e. The minimum atomic E-state index is -0.684. The zero-order chi connectivity index (χ0) is 19.0. The van der Waals surface area contributed by atoms with Gasteiger partial charge >= 0.3 is 0 Å². The number of nitro groups is 1. The first-order valence-corrected chi connectivity index (χ1v) is 8.55. The zero-order valence-electron chi connectivity index (χ0n) is 14.6. The molecule has 0 aromatic heterocycles. The predicted molar refractivity (Wildman–Crippen MR) is 104 cm³/mol. The second kappa shape index (κ2) is 6.57. The zero-order valence-corrected chi connectivity index (χ0v) is 14.6. The molecular weight excluding hydrogens is 342 g/mol. The van der Waals surface area contributed by atoms with Crippen LogP contribution in [-0.2, 0) is 0 Å². The van der Waals surface area contributed by atoms with Gasteiger partial charge in [0.1, 0.15) is 6.17 Å². The van der Waals surface area contributed by atoms with Crippen molar-refractivity contribution in [3.8, 4) is 0 Å². The van der Waals surface area contributed by atoms with E-state index in [1.165, 1.54) is 6.07 Å². The van der Waals surface area contributed by atoms with Gasteiger partial charge in [0.25, 0.3) is 11.6 Å². The lowest BCUT2D eigenvalue weighted by molar-refractivity contribution is -0.385. The first kappa shape index (κ1) is 16.8. The van der Waals surface area contributed by atoms with Crippen LogP contribution in [0, 0.1) is 17.0 Å². The maximum Gasteiger partial charge on any atom is 0.276 e. The van der Waals surface area contributed by atoms with Gasteiger partial charge in [0.2, 0.25) is 0 Å². The fraction of sp³-hybridized carbons (Fsp3) is 0.0952. The molecule has 1 aliphatic rings. The highest BCUT2D eigenvalue weighted by Crippen LogP contribution is 2.39. The summed E-state index contributed by atoms with van der Waals surface area (Å²) in [7, 11) is 0. The molecule has 134 valence electrons. The Morgan fingerprint density at radius 1 is 0.963 bits per heavy atom. The van der Waals surface area contributed by atoms with Crippen molar-refractivity contribution in [2.45, 2.75) is 13.1 Å². The molecule has 0 radical (unpaired) electrons. The Morgan fingerprint density at radius 3 is 2.37 bits per heavy atom. The highest BCUT2D eigenvalue weighted by Gasteiger charge is 2.36. The SMILES string of the molecule is Cc1ccc(N2C(=O)c3ccccc3N[C@@H]2c2ccccc2[N+](=O)[O-])cc1. The summed E-state index contributed by atoms with van der Waals surface area (Å²) < 4.78 is 0. The lowest BCUT2D eigenvalue weighted by atomic mass is 10.0. The molecule has 27 heavy (non-hydrogen) atoms. The van der Waals surface area contributed by atoms with Crippen molar-refractivity contribution < 1.29 is 9.72 Å². The van der Waals surface area contributed by atoms with E-state index in [9.17, 15) is 14.9 Å². The smallest absolute Gasteiger partial charge is 0.276 e. The number of para-hydroxylation sites is 2. The van der Waals surface area contributed by atoms with E-state index in [1.807, 2.05) is 43.3 Å². The van der Waals surface area contributed by atoms with Crippen LogP contribution in [0.15, 0.2) is 72.8 Å². The molecular formula is C21H17N3O3. The number of anilines is 2. The van der Waals surface area contributed by atoms with Crippen molar-refractivity contribution in [1.29, 1.82) is 0 Å². The Kier molecular flexibility index (Phi) is 4.08. The lowest BCUT2D eigenvalue weighted by Crippen LogP contribution is -2.43. The van der Waals surface area contributed by atoms with E-state index in [-0.39, 0.29) is 11.6 Å². The number of hydrogen-bond acceptors (Lipinski definition) is 4. The van der Waals surface area contributed by atoms with E-state index in [2.05, 4.69) is 5.32 Å². The number of aryl methyl sites for hydroxylation is 1. The van der Waals surface area contributed by atoms with Gasteiger partial charge in [-0.25, -0.2) is 0 Å². The molecule has 1 N–H and O–H groups in total. The van der Waals surface area contributed by atoms with Crippen molar-refractivity contribution in [2.75, 3.05) is 10.2 Å². The second-order valence-electron chi connectivity index (χ2n) is 6.42. The van der Waals surface area contributed by atoms with Crippen molar-refractivity contribution in [3.05, 3.63) is 99.6 Å². The Bertz CT molecular complexity index is 1030. The van der Waals surface area contributed by atoms with Crippen LogP contribution in [0.2, 0.25) is 0 Å². The maximum atomic E-state index is 13.3. The third kappa shape index (κ3) is 2.91. The van der Waals surface area contributed by atoms with Crippen LogP contribution in [0.3, 0.4) is 0 Å². The molecule has 3 aromatic rings. The van der Waals surface area contributed by atoms with Crippen molar-refractivity contribution in [3.63, 3.8) is 0 Å². The summed E-state index contributed by atoms with van der Waals surface area (Å²) in [5.41, 5.74) is 3.35. The Labute approximate surface area is 156 Å². The number of carbonyl (C=O) groups is 1. The normalized spacial score (nSPS) is 15.8. The lowest BCUT2D eigenvalue weighted by Gasteiger charge is -2.37. The van der Waals surface area contributed by atoms with Gasteiger partial charge in [-0.1, -0.05) is 42.0 Å². The number of hydrogen-bond donors (Lipinski definition) is 1. The number of fused-ring (bicyclic) bond motifs is 1. The fourth-order valence-electron chi connectivity index (χ4n) is 3.33. The molecule has 4 rings (SSSR count). The Hall–Kier alpha value is -3.67. The Balaban J connectivity index is 1.91. The number of carbonyl (C=O) groups excluding carboxylic acids is 1. The van der Waals surface area contributed by atoms with E-state index in [1.54, 1.807) is 35.2 Å². The highest BCUT2D eigenvalue weighted by atomic mass is 16.6. The predicted octanol–water partition coefficient (Wildman–Crippen LogP) is 4.67. The van der Waals surface area contributed by atoms with E-state index < -0.39 is 11.1 Å². The minimum Gasteiger partial charge on any atom is -0.360 e. The van der Waals surface area contributed by atoms with Gasteiger partial charge in [0, 0.05) is 17.4 Å². The van der Waals surface area contributed by atoms with Crippen LogP contribution in [0.4, 0.5) is 17.1 Å². The number of nitro benzene ring substituents is 1. The van der Waals surface area contributed by atoms with Gasteiger partial charge in [-0.2, -0.15) is 0 Å². The van der Waals surface area contributed by atoms with Crippen LogP contribution in [-0.4, -0.2) is 10.8 Å². The summed E-state index contributed by atoms with van der Waals surface area (Å²) >= 11 is 0. The maximum absolute atomic E-state index is 13.3. The molecule has 0 fully saturated rings. The van der Waals surface area contributed by atoms with E-state index in [4.69, 9.17) is 0 Å². The summed E-state index contributed by atoms with van der Waals surface area (Å²) in [5, 5.41) is 14.9. The molecule has 6 nitrogen and oxygen atoms in total. The molecule has 6 heteroatoms. The van der Waals surface area contributed by atoms with Crippen molar-refractivity contribution in [2.24, 2.45) is 0 Å². The first-order chi connectivity index (χ1) is 13.1. The minimum absolute atomic E-state index is 0.0284. The summed E-state index contributed by atoms with van der Waals surface area (Å²) in [6.07, 6.45) is -0.684. The summed E-state index contributed by atoms with van der Waals surface area (Å²) in [4.78, 5) is 26.0. The molecule has 1 atom stereocenters. The van der Waals surface area contributed by atoms with E-state index in [0.717, 1.165) is 5.56 Å². The summed E-state index contributed by atoms with van der Waals surface area (Å²) in [6, 6.07) is 21.2. The van der Waals surface area contributed by atoms with Crippen LogP contribution in [0.1, 0.15) is 27.7 Å². The van der Waals surface area contributed by atoms with Crippen LogP contribution in [0.25, 0.3) is 0 Å². The molecule has 1 amide bonds. The number of nitrogens with one attached hydrogen (secondary N) is 1. The van der Waals surface area contributed by atoms with Crippen LogP contribution >= 0.6 is 0 Å². The van der Waals surface area contributed by atoms with Crippen molar-refractivity contribution in [1.82, 2.24) is 0 Å². The molecule has 0 unspecified atom stereocenters. The van der Waals surface area contributed by atoms with E-state index in [0.29, 0.717) is 22.5 Å². The van der Waals surface area contributed by atoms with Crippen molar-refractivity contribution >= 4 is 23.0 Å². The van der Waals surface area contributed by atoms with Crippen LogP contribution in [0.5, 0.6) is 0 Å². The number of rotatable bonds is 3. The average Bonchev–Trinajstić information content (AvgIpc) is 2.69. The first-order valence-electron chi connectivity index (χ1n) is 8.55. The average molecular weight is 359 g/mol. The summed E-state index contributed by atoms with van der Waals surface area (Å²) in [6.45, 7) is 1.97. The monoisotopic (exact) mass is 359 g/mol. The standard InChI is InChI=1S/C21H17N3O3/c1-14-10-12-15(13-11-14)23-20(17-7-3-5-9-19(17)24(26)27)22-18-8-4-2-6-16(18)21(23)25/h2-13,20,22H,1H3/t20-/m0/s1. The third-order valence-electron chi connectivity index (χ3n) is 4.67. The number of nitrogens with zero attached hydrogens (tertiary/aromatic N) is 2. The fourth-order valence-corrected chi connectivity index (χ4v) is 3.33. The van der Waals surface area contributed by atoms with Crippen LogP contribution < -0.4 is 10.2 Å². The number of amides is 1. The van der Waals surface area contributed by atoms with Gasteiger partial charge in [-0.3, -0.25) is 19.8 Å². The molecule has 0 bridgehead atoms. The molecule has 0 saturated carbocycles. The molecule has 0 aliphatic carbocycles. The molecule has 3 aromatic carbocycles. The van der Waals surface area contributed by atoms with Gasteiger partial charge in [-0.15, -0.1) is 0 Å². The van der Waals surface area contributed by atoms with Gasteiger partial charge in [0.15, 0.2) is 0 Å². The summed E-state index contributed by atoms with van der Waals surface area (Å²) in [5.74, 6) is -0.198. The molecule has 0 saturated heterocycles. The van der Waals surface area contributed by atoms with E-state index >= 15 is 0 Å². The third-order valence-corrected chi connectivity index (χ3v) is 4.67.